The molecule has 0 spiro atoms. The molecule has 2 heterocycles. The minimum Gasteiger partial charge on any atom is -0.369 e. The van der Waals surface area contributed by atoms with Gasteiger partial charge in [-0.25, -0.2) is 18.3 Å². The number of nitrogens with zero attached hydrogens (tertiary/aromatic N) is 2. The molecular weight excluding hydrogens is 435 g/mol. The Morgan fingerprint density at radius 2 is 1.82 bits per heavy atom. The van der Waals surface area contributed by atoms with Crippen molar-refractivity contribution < 1.29 is 22.7 Å². The Hall–Kier alpha value is -3.20. The molecule has 1 N–H and O–H groups in total. The van der Waals surface area contributed by atoms with Crippen molar-refractivity contribution in [1.82, 2.24) is 15.1 Å². The number of H-pyrrole nitrogens is 1. The Morgan fingerprint density at radius 3 is 2.52 bits per heavy atom. The van der Waals surface area contributed by atoms with Crippen LogP contribution in [0.3, 0.4) is 0 Å². The summed E-state index contributed by atoms with van der Waals surface area (Å²) >= 11 is 0. The molecule has 174 valence electrons. The minimum atomic E-state index is -1.08. The predicted octanol–water partition coefficient (Wildman–Crippen LogP) is 3.58. The SMILES string of the molecule is O=C(c1cc(Cc2n[nH]c(=O)c3ccccc23)ccc1F)N1CCC(OC(CF)CF)CC1. The normalized spacial score (nSPS) is 14.8. The first-order chi connectivity index (χ1) is 16.0. The third kappa shape index (κ3) is 5.08. The van der Waals surface area contributed by atoms with Crippen LogP contribution in [0.1, 0.15) is 34.5 Å². The van der Waals surface area contributed by atoms with Gasteiger partial charge in [-0.3, -0.25) is 9.59 Å². The van der Waals surface area contributed by atoms with Gasteiger partial charge in [-0.15, -0.1) is 0 Å². The van der Waals surface area contributed by atoms with Crippen LogP contribution in [0, 0.1) is 5.82 Å². The van der Waals surface area contributed by atoms with Gasteiger partial charge in [0.1, 0.15) is 25.3 Å². The van der Waals surface area contributed by atoms with Gasteiger partial charge in [0.05, 0.1) is 22.7 Å². The molecule has 2 aromatic carbocycles. The number of carbonyl (C=O) groups is 1. The molecule has 0 aliphatic carbocycles. The van der Waals surface area contributed by atoms with E-state index >= 15 is 0 Å². The molecule has 4 rings (SSSR count). The first-order valence-corrected chi connectivity index (χ1v) is 10.8. The fraction of sp³-hybridized carbons (Fsp3) is 0.375. The monoisotopic (exact) mass is 459 g/mol. The maximum absolute atomic E-state index is 14.5. The van der Waals surface area contributed by atoms with Gasteiger partial charge in [0.25, 0.3) is 11.5 Å². The Morgan fingerprint density at radius 1 is 1.12 bits per heavy atom. The molecule has 1 amide bonds. The van der Waals surface area contributed by atoms with Crippen molar-refractivity contribution in [2.75, 3.05) is 26.4 Å². The fourth-order valence-electron chi connectivity index (χ4n) is 4.10. The Labute approximate surface area is 188 Å². The summed E-state index contributed by atoms with van der Waals surface area (Å²) in [5, 5.41) is 7.82. The molecule has 0 radical (unpaired) electrons. The van der Waals surface area contributed by atoms with E-state index in [1.807, 2.05) is 6.07 Å². The number of alkyl halides is 2. The Kier molecular flexibility index (Phi) is 7.08. The van der Waals surface area contributed by atoms with Crippen molar-refractivity contribution in [3.05, 3.63) is 75.5 Å². The summed E-state index contributed by atoms with van der Waals surface area (Å²) in [4.78, 5) is 26.5. The number of halogens is 3. The number of hydrogen-bond donors (Lipinski definition) is 1. The van der Waals surface area contributed by atoms with E-state index in [-0.39, 0.29) is 17.2 Å². The minimum absolute atomic E-state index is 0.0500. The average Bonchev–Trinajstić information content (AvgIpc) is 2.85. The van der Waals surface area contributed by atoms with Crippen LogP contribution in [0.4, 0.5) is 13.2 Å². The molecule has 1 fully saturated rings. The van der Waals surface area contributed by atoms with Crippen molar-refractivity contribution in [3.8, 4) is 0 Å². The highest BCUT2D eigenvalue weighted by Gasteiger charge is 2.27. The number of rotatable bonds is 7. The van der Waals surface area contributed by atoms with Gasteiger partial charge >= 0.3 is 0 Å². The number of benzene rings is 2. The topological polar surface area (TPSA) is 75.3 Å². The van der Waals surface area contributed by atoms with Crippen molar-refractivity contribution in [1.29, 1.82) is 0 Å². The average molecular weight is 459 g/mol. The number of ether oxygens (including phenoxy) is 1. The van der Waals surface area contributed by atoms with Gasteiger partial charge in [0.15, 0.2) is 0 Å². The fourth-order valence-corrected chi connectivity index (χ4v) is 4.10. The maximum Gasteiger partial charge on any atom is 0.272 e. The maximum atomic E-state index is 14.5. The first kappa shape index (κ1) is 23.0. The number of likely N-dealkylation sites (tertiary alicyclic amines) is 1. The molecule has 1 aromatic heterocycles. The molecule has 0 unspecified atom stereocenters. The molecule has 33 heavy (non-hydrogen) atoms. The second-order valence-corrected chi connectivity index (χ2v) is 8.09. The third-order valence-electron chi connectivity index (χ3n) is 5.87. The van der Waals surface area contributed by atoms with Gasteiger partial charge in [0, 0.05) is 24.9 Å². The molecule has 1 aliphatic heterocycles. The third-order valence-corrected chi connectivity index (χ3v) is 5.87. The van der Waals surface area contributed by atoms with Crippen LogP contribution in [0.5, 0.6) is 0 Å². The van der Waals surface area contributed by atoms with Gasteiger partial charge in [0.2, 0.25) is 0 Å². The van der Waals surface area contributed by atoms with Gasteiger partial charge in [-0.05, 0) is 36.6 Å². The highest BCUT2D eigenvalue weighted by molar-refractivity contribution is 5.95. The van der Waals surface area contributed by atoms with E-state index < -0.39 is 31.2 Å². The summed E-state index contributed by atoms with van der Waals surface area (Å²) in [6.07, 6.45) is -0.250. The number of nitrogens with one attached hydrogen (secondary N) is 1. The molecule has 9 heteroatoms. The standard InChI is InChI=1S/C24H24F3N3O3/c25-13-17(14-26)33-16-7-9-30(10-8-16)24(32)20-11-15(5-6-21(20)27)12-22-18-3-1-2-4-19(18)23(31)29-28-22/h1-6,11,16-17H,7-10,12-14H2,(H,29,31). The van der Waals surface area contributed by atoms with Crippen LogP contribution in [0.15, 0.2) is 47.3 Å². The van der Waals surface area contributed by atoms with Crippen LogP contribution in [-0.4, -0.2) is 59.7 Å². The van der Waals surface area contributed by atoms with E-state index in [0.29, 0.717) is 54.4 Å². The zero-order valence-electron chi connectivity index (χ0n) is 17.9. The Balaban J connectivity index is 1.49. The number of piperidine rings is 1. The summed E-state index contributed by atoms with van der Waals surface area (Å²) in [6.45, 7) is -1.17. The van der Waals surface area contributed by atoms with Crippen molar-refractivity contribution in [2.24, 2.45) is 0 Å². The molecule has 6 nitrogen and oxygen atoms in total. The van der Waals surface area contributed by atoms with E-state index in [2.05, 4.69) is 10.2 Å². The lowest BCUT2D eigenvalue weighted by Gasteiger charge is -2.33. The molecule has 1 saturated heterocycles. The van der Waals surface area contributed by atoms with Crippen LogP contribution in [0.25, 0.3) is 10.8 Å². The number of aromatic nitrogens is 2. The number of aromatic amines is 1. The van der Waals surface area contributed by atoms with Crippen molar-refractivity contribution in [2.45, 2.75) is 31.5 Å². The lowest BCUT2D eigenvalue weighted by atomic mass is 10.0. The van der Waals surface area contributed by atoms with Gasteiger partial charge in [-0.1, -0.05) is 24.3 Å². The van der Waals surface area contributed by atoms with Crippen molar-refractivity contribution >= 4 is 16.7 Å². The lowest BCUT2D eigenvalue weighted by Crippen LogP contribution is -2.42. The highest BCUT2D eigenvalue weighted by Crippen LogP contribution is 2.22. The second kappa shape index (κ2) is 10.2. The summed E-state index contributed by atoms with van der Waals surface area (Å²) in [6, 6.07) is 11.4. The number of carbonyl (C=O) groups excluding carboxylic acids is 1. The molecule has 0 bridgehead atoms. The summed E-state index contributed by atoms with van der Waals surface area (Å²) in [5.74, 6) is -1.07. The largest absolute Gasteiger partial charge is 0.369 e. The van der Waals surface area contributed by atoms with Gasteiger partial charge in [-0.2, -0.15) is 5.10 Å². The molecule has 0 saturated carbocycles. The summed E-state index contributed by atoms with van der Waals surface area (Å²) < 4.78 is 45.3. The second-order valence-electron chi connectivity index (χ2n) is 8.09. The van der Waals surface area contributed by atoms with E-state index in [1.54, 1.807) is 24.3 Å². The Bertz CT molecular complexity index is 1190. The molecule has 3 aromatic rings. The zero-order chi connectivity index (χ0) is 23.4. The molecular formula is C24H24F3N3O3. The van der Waals surface area contributed by atoms with Crippen LogP contribution >= 0.6 is 0 Å². The zero-order valence-corrected chi connectivity index (χ0v) is 17.9. The van der Waals surface area contributed by atoms with Crippen LogP contribution in [-0.2, 0) is 11.2 Å². The lowest BCUT2D eigenvalue weighted by molar-refractivity contribution is -0.0562. The number of amides is 1. The molecule has 0 atom stereocenters. The van der Waals surface area contributed by atoms with Crippen LogP contribution < -0.4 is 5.56 Å². The van der Waals surface area contributed by atoms with E-state index in [9.17, 15) is 22.8 Å². The van der Waals surface area contributed by atoms with Crippen molar-refractivity contribution in [3.63, 3.8) is 0 Å². The van der Waals surface area contributed by atoms with E-state index in [0.717, 1.165) is 0 Å². The number of hydrogen-bond acceptors (Lipinski definition) is 4. The van der Waals surface area contributed by atoms with E-state index in [4.69, 9.17) is 4.74 Å². The molecule has 1 aliphatic rings. The van der Waals surface area contributed by atoms with Crippen LogP contribution in [0.2, 0.25) is 0 Å². The van der Waals surface area contributed by atoms with E-state index in [1.165, 1.54) is 17.0 Å². The number of fused-ring (bicyclic) bond motifs is 1. The summed E-state index contributed by atoms with van der Waals surface area (Å²) in [7, 11) is 0. The van der Waals surface area contributed by atoms with Gasteiger partial charge < -0.3 is 9.64 Å². The summed E-state index contributed by atoms with van der Waals surface area (Å²) in [5.41, 5.74) is 0.951. The smallest absolute Gasteiger partial charge is 0.272 e. The highest BCUT2D eigenvalue weighted by atomic mass is 19.1. The first-order valence-electron chi connectivity index (χ1n) is 10.8. The quantitative estimate of drug-likeness (QED) is 0.586. The predicted molar refractivity (Wildman–Crippen MR) is 117 cm³/mol.